The van der Waals surface area contributed by atoms with Gasteiger partial charge in [-0.25, -0.2) is 8.42 Å². The van der Waals surface area contributed by atoms with Gasteiger partial charge >= 0.3 is 0 Å². The zero-order valence-electron chi connectivity index (χ0n) is 11.1. The van der Waals surface area contributed by atoms with Gasteiger partial charge in [-0.05, 0) is 36.2 Å². The van der Waals surface area contributed by atoms with Gasteiger partial charge in [-0.15, -0.1) is 0 Å². The molecule has 104 valence electrons. The number of para-hydroxylation sites is 1. The Kier molecular flexibility index (Phi) is 3.14. The fourth-order valence-electron chi connectivity index (χ4n) is 2.26. The van der Waals surface area contributed by atoms with Gasteiger partial charge in [0, 0.05) is 11.3 Å². The molecular weight excluding hydrogens is 274 g/mol. The molecule has 0 bridgehead atoms. The molecule has 4 nitrogen and oxygen atoms in total. The number of benzene rings is 2. The summed E-state index contributed by atoms with van der Waals surface area (Å²) in [6, 6.07) is 13.4. The van der Waals surface area contributed by atoms with Crippen molar-refractivity contribution in [3.8, 4) is 16.9 Å². The molecule has 0 unspecified atom stereocenters. The smallest absolute Gasteiger partial charge is 0.232 e. The Morgan fingerprint density at radius 1 is 1.15 bits per heavy atom. The fraction of sp³-hybridized carbons (Fsp3) is 0.200. The summed E-state index contributed by atoms with van der Waals surface area (Å²) in [5, 5.41) is 0. The van der Waals surface area contributed by atoms with E-state index in [2.05, 4.69) is 4.72 Å². The quantitative estimate of drug-likeness (QED) is 0.945. The van der Waals surface area contributed by atoms with Gasteiger partial charge in [-0.3, -0.25) is 4.72 Å². The first-order valence-corrected chi connectivity index (χ1v) is 8.10. The molecule has 0 radical (unpaired) electrons. The normalized spacial score (nSPS) is 13.1. The van der Waals surface area contributed by atoms with Gasteiger partial charge in [-0.1, -0.05) is 24.3 Å². The van der Waals surface area contributed by atoms with Gasteiger partial charge in [0.2, 0.25) is 10.0 Å². The van der Waals surface area contributed by atoms with Crippen molar-refractivity contribution >= 4 is 15.7 Å². The summed E-state index contributed by atoms with van der Waals surface area (Å²) in [6.07, 6.45) is 0. The molecule has 0 saturated carbocycles. The molecular formula is C15H15NO3S. The number of fused-ring (bicyclic) bond motifs is 3. The lowest BCUT2D eigenvalue weighted by Crippen LogP contribution is -2.15. The van der Waals surface area contributed by atoms with Gasteiger partial charge in [0.05, 0.1) is 5.75 Å². The number of sulfonamides is 1. The van der Waals surface area contributed by atoms with E-state index in [0.29, 0.717) is 12.3 Å². The first kappa shape index (κ1) is 13.0. The van der Waals surface area contributed by atoms with Crippen LogP contribution in [0, 0.1) is 0 Å². The highest BCUT2D eigenvalue weighted by molar-refractivity contribution is 7.92. The highest BCUT2D eigenvalue weighted by Gasteiger charge is 2.17. The first-order valence-electron chi connectivity index (χ1n) is 6.44. The molecule has 1 aliphatic heterocycles. The Balaban J connectivity index is 2.00. The molecule has 20 heavy (non-hydrogen) atoms. The van der Waals surface area contributed by atoms with E-state index in [1.165, 1.54) is 0 Å². The van der Waals surface area contributed by atoms with Gasteiger partial charge < -0.3 is 4.74 Å². The summed E-state index contributed by atoms with van der Waals surface area (Å²) in [4.78, 5) is 0. The van der Waals surface area contributed by atoms with Crippen LogP contribution in [0.3, 0.4) is 0 Å². The second kappa shape index (κ2) is 4.83. The van der Waals surface area contributed by atoms with Crippen molar-refractivity contribution in [3.05, 3.63) is 48.0 Å². The van der Waals surface area contributed by atoms with Crippen LogP contribution >= 0.6 is 0 Å². The molecule has 1 heterocycles. The molecule has 1 N–H and O–H groups in total. The van der Waals surface area contributed by atoms with Crippen LogP contribution in [0.5, 0.6) is 5.75 Å². The number of anilines is 1. The van der Waals surface area contributed by atoms with Crippen molar-refractivity contribution in [3.63, 3.8) is 0 Å². The molecule has 0 saturated heterocycles. The first-order chi connectivity index (χ1) is 9.59. The zero-order valence-corrected chi connectivity index (χ0v) is 11.9. The minimum atomic E-state index is -3.25. The predicted molar refractivity (Wildman–Crippen MR) is 79.3 cm³/mol. The van der Waals surface area contributed by atoms with Crippen molar-refractivity contribution in [2.24, 2.45) is 0 Å². The largest absolute Gasteiger partial charge is 0.488 e. The average molecular weight is 289 g/mol. The summed E-state index contributed by atoms with van der Waals surface area (Å²) in [6.45, 7) is 2.06. The van der Waals surface area contributed by atoms with E-state index in [9.17, 15) is 8.42 Å². The topological polar surface area (TPSA) is 55.4 Å². The van der Waals surface area contributed by atoms with Crippen LogP contribution in [-0.4, -0.2) is 14.2 Å². The summed E-state index contributed by atoms with van der Waals surface area (Å²) >= 11 is 0. The van der Waals surface area contributed by atoms with E-state index in [1.807, 2.05) is 36.4 Å². The molecule has 0 amide bonds. The lowest BCUT2D eigenvalue weighted by atomic mass is 9.97. The van der Waals surface area contributed by atoms with Gasteiger partial charge in [0.25, 0.3) is 0 Å². The van der Waals surface area contributed by atoms with E-state index in [-0.39, 0.29) is 5.75 Å². The van der Waals surface area contributed by atoms with Crippen molar-refractivity contribution in [1.82, 2.24) is 0 Å². The molecule has 1 aliphatic rings. The minimum absolute atomic E-state index is 0.0589. The molecule has 2 aromatic carbocycles. The summed E-state index contributed by atoms with van der Waals surface area (Å²) in [5.74, 6) is 0.922. The van der Waals surface area contributed by atoms with Crippen LogP contribution in [0.15, 0.2) is 42.5 Å². The third-order valence-electron chi connectivity index (χ3n) is 3.32. The molecule has 3 rings (SSSR count). The van der Waals surface area contributed by atoms with E-state index < -0.39 is 10.0 Å². The van der Waals surface area contributed by atoms with Gasteiger partial charge in [-0.2, -0.15) is 0 Å². The second-order valence-corrected chi connectivity index (χ2v) is 6.67. The lowest BCUT2D eigenvalue weighted by Gasteiger charge is -2.21. The highest BCUT2D eigenvalue weighted by atomic mass is 32.2. The van der Waals surface area contributed by atoms with Crippen molar-refractivity contribution < 1.29 is 13.2 Å². The van der Waals surface area contributed by atoms with E-state index in [1.54, 1.807) is 13.0 Å². The average Bonchev–Trinajstić information content (AvgIpc) is 2.46. The highest BCUT2D eigenvalue weighted by Crippen LogP contribution is 2.38. The number of hydrogen-bond acceptors (Lipinski definition) is 3. The maximum absolute atomic E-state index is 11.6. The molecule has 0 aromatic heterocycles. The number of rotatable bonds is 3. The third-order valence-corrected chi connectivity index (χ3v) is 4.63. The molecule has 0 spiro atoms. The standard InChI is InChI=1S/C15H15NO3S/c1-2-20(17,18)16-12-7-8-13-11(9-12)10-19-15-6-4-3-5-14(13)15/h3-9,16H,2,10H2,1H3. The van der Waals surface area contributed by atoms with Crippen LogP contribution in [0.25, 0.3) is 11.1 Å². The fourth-order valence-corrected chi connectivity index (χ4v) is 2.89. The Morgan fingerprint density at radius 2 is 1.95 bits per heavy atom. The van der Waals surface area contributed by atoms with Gasteiger partial charge in [0.15, 0.2) is 0 Å². The van der Waals surface area contributed by atoms with E-state index in [0.717, 1.165) is 22.4 Å². The van der Waals surface area contributed by atoms with Crippen LogP contribution in [0.2, 0.25) is 0 Å². The maximum Gasteiger partial charge on any atom is 0.232 e. The van der Waals surface area contributed by atoms with E-state index >= 15 is 0 Å². The monoisotopic (exact) mass is 289 g/mol. The summed E-state index contributed by atoms with van der Waals surface area (Å²) in [7, 11) is -3.25. The van der Waals surface area contributed by atoms with Crippen LogP contribution < -0.4 is 9.46 Å². The molecule has 0 atom stereocenters. The van der Waals surface area contributed by atoms with Crippen molar-refractivity contribution in [2.45, 2.75) is 13.5 Å². The van der Waals surface area contributed by atoms with Crippen molar-refractivity contribution in [1.29, 1.82) is 0 Å². The second-order valence-electron chi connectivity index (χ2n) is 4.66. The van der Waals surface area contributed by atoms with Gasteiger partial charge in [0.1, 0.15) is 12.4 Å². The number of hydrogen-bond donors (Lipinski definition) is 1. The lowest BCUT2D eigenvalue weighted by molar-refractivity contribution is 0.302. The third kappa shape index (κ3) is 2.36. The molecule has 2 aromatic rings. The number of ether oxygens (including phenoxy) is 1. The zero-order chi connectivity index (χ0) is 14.2. The van der Waals surface area contributed by atoms with E-state index in [4.69, 9.17) is 4.74 Å². The maximum atomic E-state index is 11.6. The van der Waals surface area contributed by atoms with Crippen molar-refractivity contribution in [2.75, 3.05) is 10.5 Å². The van der Waals surface area contributed by atoms with Crippen LogP contribution in [0.1, 0.15) is 12.5 Å². The minimum Gasteiger partial charge on any atom is -0.488 e. The molecule has 0 aliphatic carbocycles. The predicted octanol–water partition coefficient (Wildman–Crippen LogP) is 3.01. The Hall–Kier alpha value is -2.01. The summed E-state index contributed by atoms with van der Waals surface area (Å²) < 4.78 is 31.4. The van der Waals surface area contributed by atoms with Crippen LogP contribution in [0.4, 0.5) is 5.69 Å². The number of nitrogens with one attached hydrogen (secondary N) is 1. The molecule has 5 heteroatoms. The van der Waals surface area contributed by atoms with Crippen LogP contribution in [-0.2, 0) is 16.6 Å². The summed E-state index contributed by atoms with van der Waals surface area (Å²) in [5.41, 5.74) is 3.69. The Bertz CT molecular complexity index is 753. The Morgan fingerprint density at radius 3 is 2.75 bits per heavy atom. The SMILES string of the molecule is CCS(=O)(=O)Nc1ccc2c(c1)COc1ccccc1-2. The molecule has 0 fully saturated rings. The Labute approximate surface area is 118 Å².